The Hall–Kier alpha value is -2.22. The third-order valence-corrected chi connectivity index (χ3v) is 4.01. The van der Waals surface area contributed by atoms with Gasteiger partial charge in [0.25, 0.3) is 0 Å². The zero-order valence-corrected chi connectivity index (χ0v) is 12.3. The minimum Gasteiger partial charge on any atom is -0.397 e. The lowest BCUT2D eigenvalue weighted by atomic mass is 9.92. The van der Waals surface area contributed by atoms with Crippen LogP contribution < -0.4 is 5.73 Å². The molecule has 0 amide bonds. The number of aromatic nitrogens is 1. The minimum atomic E-state index is -4.56. The number of anilines is 1. The van der Waals surface area contributed by atoms with Crippen LogP contribution in [0.4, 0.5) is 27.6 Å². The Morgan fingerprint density at radius 1 is 1.12 bits per heavy atom. The molecule has 8 heteroatoms. The summed E-state index contributed by atoms with van der Waals surface area (Å²) < 4.78 is 71.3. The Labute approximate surface area is 134 Å². The summed E-state index contributed by atoms with van der Waals surface area (Å²) in [5.74, 6) is -2.49. The molecule has 2 atom stereocenters. The molecule has 1 fully saturated rings. The molecule has 2 heterocycles. The van der Waals surface area contributed by atoms with Crippen molar-refractivity contribution in [2.45, 2.75) is 24.6 Å². The normalized spacial score (nSPS) is 21.2. The summed E-state index contributed by atoms with van der Waals surface area (Å²) in [6, 6.07) is 4.16. The second-order valence-electron chi connectivity index (χ2n) is 5.51. The van der Waals surface area contributed by atoms with Crippen LogP contribution in [-0.4, -0.2) is 23.9 Å². The molecule has 0 radical (unpaired) electrons. The second kappa shape index (κ2) is 6.01. The fraction of sp³-hybridized carbons (Fsp3) is 0.312. The fourth-order valence-corrected chi connectivity index (χ4v) is 2.92. The highest BCUT2D eigenvalue weighted by Crippen LogP contribution is 2.43. The monoisotopic (exact) mass is 344 g/mol. The van der Waals surface area contributed by atoms with Gasteiger partial charge in [0.05, 0.1) is 11.4 Å². The molecule has 1 aliphatic rings. The number of hydrogen-bond acceptors (Lipinski definition) is 3. The number of pyridine rings is 1. The molecule has 0 aliphatic carbocycles. The Morgan fingerprint density at radius 2 is 1.88 bits per heavy atom. The van der Waals surface area contributed by atoms with Crippen molar-refractivity contribution in [3.8, 4) is 11.1 Å². The number of nitrogen functional groups attached to an aromatic ring is 1. The van der Waals surface area contributed by atoms with Crippen LogP contribution in [0.1, 0.15) is 18.0 Å². The fourth-order valence-electron chi connectivity index (χ4n) is 2.92. The van der Waals surface area contributed by atoms with Crippen LogP contribution in [-0.2, 0) is 4.74 Å². The number of halogens is 5. The number of benzene rings is 1. The van der Waals surface area contributed by atoms with Crippen molar-refractivity contribution >= 4 is 5.69 Å². The summed E-state index contributed by atoms with van der Waals surface area (Å²) in [4.78, 5) is 3.94. The van der Waals surface area contributed by atoms with E-state index in [9.17, 15) is 22.0 Å². The molecule has 1 aromatic heterocycles. The summed E-state index contributed by atoms with van der Waals surface area (Å²) >= 11 is 0. The predicted molar refractivity (Wildman–Crippen MR) is 77.2 cm³/mol. The van der Waals surface area contributed by atoms with Gasteiger partial charge < -0.3 is 10.5 Å². The molecule has 0 saturated carbocycles. The summed E-state index contributed by atoms with van der Waals surface area (Å²) in [5.41, 5.74) is 5.80. The topological polar surface area (TPSA) is 48.1 Å². The molecular formula is C16H13F5N2O. The van der Waals surface area contributed by atoms with Gasteiger partial charge in [-0.1, -0.05) is 0 Å². The number of hydrogen-bond donors (Lipinski definition) is 1. The Balaban J connectivity index is 2.08. The molecule has 2 N–H and O–H groups in total. The van der Waals surface area contributed by atoms with E-state index in [1.165, 1.54) is 12.3 Å². The standard InChI is InChI=1S/C16H13F5N2O/c17-8-1-2-12(18)11(7-8)9-3-5-23-14(13(9)22)10-4-6-24-15(10)16(19,20)21/h1-3,5,7,10,15H,4,6,22H2. The molecule has 3 nitrogen and oxygen atoms in total. The first-order valence-electron chi connectivity index (χ1n) is 7.17. The van der Waals surface area contributed by atoms with Gasteiger partial charge in [0.15, 0.2) is 6.10 Å². The SMILES string of the molecule is Nc1c(-c2cc(F)ccc2F)ccnc1C1CCOC1C(F)(F)F. The highest BCUT2D eigenvalue weighted by molar-refractivity contribution is 5.78. The summed E-state index contributed by atoms with van der Waals surface area (Å²) in [6.07, 6.45) is -5.25. The first kappa shape index (κ1) is 16.6. The average Bonchev–Trinajstić information content (AvgIpc) is 3.00. The molecule has 2 unspecified atom stereocenters. The Morgan fingerprint density at radius 3 is 2.58 bits per heavy atom. The Bertz CT molecular complexity index is 763. The molecule has 0 bridgehead atoms. The third kappa shape index (κ3) is 2.93. The quantitative estimate of drug-likeness (QED) is 0.837. The van der Waals surface area contributed by atoms with Crippen LogP contribution in [0.5, 0.6) is 0 Å². The molecular weight excluding hydrogens is 331 g/mol. The molecule has 1 saturated heterocycles. The second-order valence-corrected chi connectivity index (χ2v) is 5.51. The van der Waals surface area contributed by atoms with Gasteiger partial charge in [-0.05, 0) is 30.7 Å². The lowest BCUT2D eigenvalue weighted by Gasteiger charge is -2.22. The molecule has 1 aromatic carbocycles. The maximum Gasteiger partial charge on any atom is 0.415 e. The van der Waals surface area contributed by atoms with E-state index >= 15 is 0 Å². The van der Waals surface area contributed by atoms with Gasteiger partial charge in [0, 0.05) is 29.8 Å². The first-order valence-corrected chi connectivity index (χ1v) is 7.17. The first-order chi connectivity index (χ1) is 11.3. The van der Waals surface area contributed by atoms with Crippen molar-refractivity contribution in [2.24, 2.45) is 0 Å². The van der Waals surface area contributed by atoms with Crippen LogP contribution in [0.15, 0.2) is 30.5 Å². The van der Waals surface area contributed by atoms with Crippen LogP contribution in [0.2, 0.25) is 0 Å². The number of nitrogens with two attached hydrogens (primary N) is 1. The van der Waals surface area contributed by atoms with Gasteiger partial charge in [-0.25, -0.2) is 8.78 Å². The van der Waals surface area contributed by atoms with Gasteiger partial charge in [-0.2, -0.15) is 13.2 Å². The largest absolute Gasteiger partial charge is 0.415 e. The lowest BCUT2D eigenvalue weighted by Crippen LogP contribution is -2.33. The van der Waals surface area contributed by atoms with E-state index in [2.05, 4.69) is 4.98 Å². The van der Waals surface area contributed by atoms with Crippen molar-refractivity contribution in [1.29, 1.82) is 0 Å². The van der Waals surface area contributed by atoms with E-state index in [0.29, 0.717) is 0 Å². The molecule has 3 rings (SSSR count). The smallest absolute Gasteiger partial charge is 0.397 e. The number of alkyl halides is 3. The van der Waals surface area contributed by atoms with Gasteiger partial charge in [0.1, 0.15) is 11.6 Å². The van der Waals surface area contributed by atoms with Crippen molar-refractivity contribution in [1.82, 2.24) is 4.98 Å². The van der Waals surface area contributed by atoms with Gasteiger partial charge in [-0.3, -0.25) is 4.98 Å². The maximum atomic E-state index is 14.0. The maximum absolute atomic E-state index is 14.0. The van der Waals surface area contributed by atoms with E-state index < -0.39 is 29.8 Å². The number of rotatable bonds is 2. The third-order valence-electron chi connectivity index (χ3n) is 4.01. The van der Waals surface area contributed by atoms with Crippen molar-refractivity contribution in [3.05, 3.63) is 47.8 Å². The lowest BCUT2D eigenvalue weighted by molar-refractivity contribution is -0.210. The van der Waals surface area contributed by atoms with Gasteiger partial charge in [-0.15, -0.1) is 0 Å². The van der Waals surface area contributed by atoms with Crippen molar-refractivity contribution in [3.63, 3.8) is 0 Å². The van der Waals surface area contributed by atoms with Crippen LogP contribution in [0, 0.1) is 11.6 Å². The zero-order chi connectivity index (χ0) is 17.5. The number of ether oxygens (including phenoxy) is 1. The van der Waals surface area contributed by atoms with Crippen molar-refractivity contribution in [2.75, 3.05) is 12.3 Å². The average molecular weight is 344 g/mol. The van der Waals surface area contributed by atoms with E-state index in [1.54, 1.807) is 0 Å². The van der Waals surface area contributed by atoms with E-state index in [4.69, 9.17) is 10.5 Å². The summed E-state index contributed by atoms with van der Waals surface area (Å²) in [5, 5.41) is 0. The van der Waals surface area contributed by atoms with Crippen LogP contribution in [0.25, 0.3) is 11.1 Å². The van der Waals surface area contributed by atoms with Crippen LogP contribution in [0.3, 0.4) is 0 Å². The van der Waals surface area contributed by atoms with E-state index in [-0.39, 0.29) is 35.5 Å². The predicted octanol–water partition coefficient (Wildman–Crippen LogP) is 4.04. The Kier molecular flexibility index (Phi) is 4.16. The van der Waals surface area contributed by atoms with Gasteiger partial charge in [0.2, 0.25) is 0 Å². The molecule has 1 aliphatic heterocycles. The summed E-state index contributed by atoms with van der Waals surface area (Å²) in [6.45, 7) is -0.0749. The number of nitrogens with zero attached hydrogens (tertiary/aromatic N) is 1. The minimum absolute atomic E-state index is 0.0176. The molecule has 128 valence electrons. The van der Waals surface area contributed by atoms with E-state index in [1.807, 2.05) is 0 Å². The zero-order valence-electron chi connectivity index (χ0n) is 12.3. The van der Waals surface area contributed by atoms with E-state index in [0.717, 1.165) is 18.2 Å². The van der Waals surface area contributed by atoms with Gasteiger partial charge >= 0.3 is 6.18 Å². The highest BCUT2D eigenvalue weighted by atomic mass is 19.4. The van der Waals surface area contributed by atoms with Crippen molar-refractivity contribution < 1.29 is 26.7 Å². The molecule has 0 spiro atoms. The van der Waals surface area contributed by atoms with Crippen LogP contribution >= 0.6 is 0 Å². The summed E-state index contributed by atoms with van der Waals surface area (Å²) in [7, 11) is 0. The highest BCUT2D eigenvalue weighted by Gasteiger charge is 2.50. The molecule has 2 aromatic rings. The molecule has 24 heavy (non-hydrogen) atoms.